The number of alkyl halides is 3. The number of hydrogen-bond donors (Lipinski definition) is 1. The molecule has 0 fully saturated rings. The van der Waals surface area contributed by atoms with E-state index in [1.165, 1.54) is 5.56 Å². The Bertz CT molecular complexity index is 843. The number of carboxylic acid groups (broad SMARTS) is 1. The first-order chi connectivity index (χ1) is 14.1. The smallest absolute Gasteiger partial charge is 0.475 e. The maximum Gasteiger partial charge on any atom is 0.490 e. The Morgan fingerprint density at radius 3 is 2.63 bits per heavy atom. The van der Waals surface area contributed by atoms with E-state index in [-0.39, 0.29) is 0 Å². The summed E-state index contributed by atoms with van der Waals surface area (Å²) in [5.74, 6) is -1.86. The van der Waals surface area contributed by atoms with E-state index in [1.807, 2.05) is 18.5 Å². The molecule has 0 aliphatic carbocycles. The highest BCUT2D eigenvalue weighted by Gasteiger charge is 2.38. The molecule has 0 aromatic carbocycles. The largest absolute Gasteiger partial charge is 0.490 e. The summed E-state index contributed by atoms with van der Waals surface area (Å²) in [7, 11) is 0. The molecular weight excluding hydrogens is 407 g/mol. The van der Waals surface area contributed by atoms with Crippen molar-refractivity contribution in [3.8, 4) is 0 Å². The van der Waals surface area contributed by atoms with Crippen molar-refractivity contribution in [3.05, 3.63) is 41.1 Å². The van der Waals surface area contributed by atoms with Crippen molar-refractivity contribution in [2.24, 2.45) is 0 Å². The molecule has 1 aliphatic heterocycles. The molecule has 0 unspecified atom stereocenters. The Balaban J connectivity index is 0.000000396. The third kappa shape index (κ3) is 6.39. The molecule has 0 atom stereocenters. The fraction of sp³-hybridized carbons (Fsp3) is 0.556. The first-order valence-corrected chi connectivity index (χ1v) is 9.17. The predicted octanol–water partition coefficient (Wildman–Crippen LogP) is 2.62. The molecule has 1 N–H and O–H groups in total. The molecule has 9 nitrogen and oxygen atoms in total. The van der Waals surface area contributed by atoms with Crippen molar-refractivity contribution in [2.75, 3.05) is 13.2 Å². The Kier molecular flexibility index (Phi) is 8.12. The average Bonchev–Trinajstić information content (AvgIpc) is 3.11. The molecule has 0 radical (unpaired) electrons. The Morgan fingerprint density at radius 1 is 1.37 bits per heavy atom. The second-order valence-corrected chi connectivity index (χ2v) is 6.68. The predicted molar refractivity (Wildman–Crippen MR) is 98.3 cm³/mol. The second kappa shape index (κ2) is 10.3. The van der Waals surface area contributed by atoms with E-state index in [4.69, 9.17) is 19.2 Å². The van der Waals surface area contributed by atoms with Gasteiger partial charge < -0.3 is 14.4 Å². The minimum atomic E-state index is -5.08. The van der Waals surface area contributed by atoms with Gasteiger partial charge in [-0.1, -0.05) is 16.4 Å². The van der Waals surface area contributed by atoms with Crippen LogP contribution in [-0.2, 0) is 35.8 Å². The minimum Gasteiger partial charge on any atom is -0.475 e. The van der Waals surface area contributed by atoms with Gasteiger partial charge in [-0.05, 0) is 20.3 Å². The number of carbonyl (C=O) groups is 1. The maximum atomic E-state index is 10.6. The number of rotatable bonds is 6. The lowest BCUT2D eigenvalue weighted by Gasteiger charge is -2.19. The van der Waals surface area contributed by atoms with E-state index < -0.39 is 12.1 Å². The van der Waals surface area contributed by atoms with Gasteiger partial charge in [0.05, 0.1) is 24.6 Å². The quantitative estimate of drug-likeness (QED) is 0.550. The fourth-order valence-electron chi connectivity index (χ4n) is 2.89. The highest BCUT2D eigenvalue weighted by molar-refractivity contribution is 5.73. The molecule has 0 saturated heterocycles. The van der Waals surface area contributed by atoms with Crippen LogP contribution in [0.2, 0.25) is 0 Å². The van der Waals surface area contributed by atoms with Gasteiger partial charge in [0.15, 0.2) is 0 Å². The van der Waals surface area contributed by atoms with Crippen molar-refractivity contribution in [3.63, 3.8) is 0 Å². The molecule has 3 heterocycles. The van der Waals surface area contributed by atoms with Crippen molar-refractivity contribution in [2.45, 2.75) is 52.7 Å². The van der Waals surface area contributed by atoms with Crippen molar-refractivity contribution < 1.29 is 32.3 Å². The lowest BCUT2D eigenvalue weighted by atomic mass is 10.2. The van der Waals surface area contributed by atoms with Crippen LogP contribution in [0.3, 0.4) is 0 Å². The van der Waals surface area contributed by atoms with Crippen LogP contribution < -0.4 is 0 Å². The molecule has 0 amide bonds. The summed E-state index contributed by atoms with van der Waals surface area (Å²) < 4.78 is 44.5. The lowest BCUT2D eigenvalue weighted by molar-refractivity contribution is -0.192. The van der Waals surface area contributed by atoms with Crippen LogP contribution in [0.1, 0.15) is 34.8 Å². The molecule has 3 rings (SSSR count). The monoisotopic (exact) mass is 431 g/mol. The molecule has 0 spiro atoms. The summed E-state index contributed by atoms with van der Waals surface area (Å²) in [6.07, 6.45) is -2.29. The highest BCUT2D eigenvalue weighted by Crippen LogP contribution is 2.20. The number of carboxylic acids is 1. The lowest BCUT2D eigenvalue weighted by Crippen LogP contribution is -2.24. The Morgan fingerprint density at radius 2 is 2.07 bits per heavy atom. The molecule has 30 heavy (non-hydrogen) atoms. The van der Waals surface area contributed by atoms with Gasteiger partial charge in [0.1, 0.15) is 11.5 Å². The van der Waals surface area contributed by atoms with Gasteiger partial charge >= 0.3 is 12.1 Å². The van der Waals surface area contributed by atoms with E-state index in [9.17, 15) is 13.2 Å². The second-order valence-electron chi connectivity index (χ2n) is 6.68. The van der Waals surface area contributed by atoms with E-state index in [1.54, 1.807) is 6.08 Å². The standard InChI is InChI=1S/C16H23N5O2.C2HF3O2/c1-4-8-22-11-15-16-10-20(6-5-7-21(16)19-17-15)9-14-12(2)18-23-13(14)3;3-2(4,5)1(6)7/h4H,1,5-11H2,2-3H3;(H,6,7). The zero-order valence-electron chi connectivity index (χ0n) is 16.8. The number of aromatic nitrogens is 4. The first-order valence-electron chi connectivity index (χ1n) is 9.17. The zero-order valence-corrected chi connectivity index (χ0v) is 16.8. The number of nitrogens with zero attached hydrogens (tertiary/aromatic N) is 5. The van der Waals surface area contributed by atoms with Crippen molar-refractivity contribution in [1.29, 1.82) is 0 Å². The SMILES string of the molecule is C=CCOCc1nnn2c1CN(Cc1c(C)noc1C)CCC2.O=C(O)C(F)(F)F. The molecule has 2 aromatic heterocycles. The summed E-state index contributed by atoms with van der Waals surface area (Å²) in [5, 5.41) is 19.7. The summed E-state index contributed by atoms with van der Waals surface area (Å²) in [5.41, 5.74) is 4.19. The average molecular weight is 431 g/mol. The molecule has 166 valence electrons. The molecule has 0 saturated carbocycles. The van der Waals surface area contributed by atoms with Gasteiger partial charge in [-0.3, -0.25) is 4.90 Å². The van der Waals surface area contributed by atoms with Crippen LogP contribution in [0.5, 0.6) is 0 Å². The number of fused-ring (bicyclic) bond motifs is 1. The number of aliphatic carboxylic acids is 1. The van der Waals surface area contributed by atoms with Gasteiger partial charge in [0.25, 0.3) is 0 Å². The maximum absolute atomic E-state index is 10.6. The Labute approximate surface area is 171 Å². The Hall–Kier alpha value is -2.73. The van der Waals surface area contributed by atoms with Gasteiger partial charge in [0.2, 0.25) is 0 Å². The van der Waals surface area contributed by atoms with Crippen LogP contribution in [0.25, 0.3) is 0 Å². The number of ether oxygens (including phenoxy) is 1. The summed E-state index contributed by atoms with van der Waals surface area (Å²) in [4.78, 5) is 11.3. The number of halogens is 3. The molecule has 2 aromatic rings. The van der Waals surface area contributed by atoms with Crippen LogP contribution in [0.15, 0.2) is 17.2 Å². The van der Waals surface area contributed by atoms with Gasteiger partial charge in [-0.25, -0.2) is 9.48 Å². The van der Waals surface area contributed by atoms with Crippen LogP contribution in [0.4, 0.5) is 13.2 Å². The van der Waals surface area contributed by atoms with E-state index in [0.717, 1.165) is 55.4 Å². The van der Waals surface area contributed by atoms with Gasteiger partial charge in [0, 0.05) is 31.7 Å². The van der Waals surface area contributed by atoms with Gasteiger partial charge in [-0.15, -0.1) is 11.7 Å². The van der Waals surface area contributed by atoms with Crippen molar-refractivity contribution >= 4 is 5.97 Å². The number of hydrogen-bond acceptors (Lipinski definition) is 7. The third-order valence-electron chi connectivity index (χ3n) is 4.42. The third-order valence-corrected chi connectivity index (χ3v) is 4.42. The topological polar surface area (TPSA) is 107 Å². The first kappa shape index (κ1) is 23.5. The van der Waals surface area contributed by atoms with Crippen LogP contribution in [-0.4, -0.2) is 55.5 Å². The fourth-order valence-corrected chi connectivity index (χ4v) is 2.89. The zero-order chi connectivity index (χ0) is 22.3. The van der Waals surface area contributed by atoms with E-state index in [0.29, 0.717) is 13.2 Å². The van der Waals surface area contributed by atoms with Crippen LogP contribution >= 0.6 is 0 Å². The number of aryl methyl sites for hydroxylation is 3. The molecular formula is C18H24F3N5O4. The van der Waals surface area contributed by atoms with E-state index in [2.05, 4.69) is 26.9 Å². The minimum absolute atomic E-state index is 0.473. The highest BCUT2D eigenvalue weighted by atomic mass is 19.4. The molecule has 12 heteroatoms. The molecule has 0 bridgehead atoms. The summed E-state index contributed by atoms with van der Waals surface area (Å²) in [6, 6.07) is 0. The summed E-state index contributed by atoms with van der Waals surface area (Å²) in [6.45, 7) is 12.2. The van der Waals surface area contributed by atoms with Gasteiger partial charge in [-0.2, -0.15) is 13.2 Å². The summed E-state index contributed by atoms with van der Waals surface area (Å²) >= 11 is 0. The van der Waals surface area contributed by atoms with E-state index >= 15 is 0 Å². The normalized spacial score (nSPS) is 14.4. The van der Waals surface area contributed by atoms with Crippen LogP contribution in [0, 0.1) is 13.8 Å². The molecule has 1 aliphatic rings. The van der Waals surface area contributed by atoms with Crippen molar-refractivity contribution in [1.82, 2.24) is 25.1 Å².